The number of rotatable bonds is 1. The van der Waals surface area contributed by atoms with Gasteiger partial charge < -0.3 is 10.4 Å². The number of nitrogens with one attached hydrogen (secondary N) is 1. The molecule has 2 atom stereocenters. The fourth-order valence-corrected chi connectivity index (χ4v) is 2.07. The van der Waals surface area contributed by atoms with Crippen molar-refractivity contribution in [2.45, 2.75) is 32.4 Å². The molecule has 2 fully saturated rings. The maximum atomic E-state index is 11.4. The molecule has 5 nitrogen and oxygen atoms in total. The van der Waals surface area contributed by atoms with Gasteiger partial charge in [-0.1, -0.05) is 13.8 Å². The molecule has 0 radical (unpaired) electrons. The van der Waals surface area contributed by atoms with Crippen LogP contribution in [-0.4, -0.2) is 40.6 Å². The maximum absolute atomic E-state index is 11.4. The maximum Gasteiger partial charge on any atom is 0.324 e. The second-order valence-electron chi connectivity index (χ2n) is 4.51. The number of carbonyl (C=O) groups is 2. The van der Waals surface area contributed by atoms with Gasteiger partial charge in [-0.3, -0.25) is 9.69 Å². The van der Waals surface area contributed by atoms with Crippen molar-refractivity contribution in [1.29, 1.82) is 0 Å². The molecule has 2 N–H and O–H groups in total. The summed E-state index contributed by atoms with van der Waals surface area (Å²) in [6, 6.07) is -0.493. The molecule has 0 aromatic heterocycles. The van der Waals surface area contributed by atoms with E-state index >= 15 is 0 Å². The van der Waals surface area contributed by atoms with Crippen LogP contribution in [0.2, 0.25) is 0 Å². The van der Waals surface area contributed by atoms with Crippen molar-refractivity contribution in [2.75, 3.05) is 6.54 Å². The summed E-state index contributed by atoms with van der Waals surface area (Å²) in [6.45, 7) is 3.82. The fourth-order valence-electron chi connectivity index (χ4n) is 2.07. The molecule has 0 aromatic rings. The minimum atomic E-state index is -0.423. The number of carbonyl (C=O) groups excluding carboxylic acids is 2. The fraction of sp³-hybridized carbons (Fsp3) is 0.778. The highest BCUT2D eigenvalue weighted by molar-refractivity contribution is 6.02. The highest BCUT2D eigenvalue weighted by Gasteiger charge is 2.54. The second kappa shape index (κ2) is 2.70. The Morgan fingerprint density at radius 2 is 2.14 bits per heavy atom. The molecule has 1 heterocycles. The van der Waals surface area contributed by atoms with Crippen molar-refractivity contribution < 1.29 is 14.7 Å². The van der Waals surface area contributed by atoms with Crippen molar-refractivity contribution >= 4 is 11.9 Å². The Morgan fingerprint density at radius 3 is 2.50 bits per heavy atom. The monoisotopic (exact) mass is 198 g/mol. The minimum Gasteiger partial charge on any atom is -0.392 e. The molecule has 1 aliphatic carbocycles. The molecular formula is C9H14N2O3. The quantitative estimate of drug-likeness (QED) is 0.568. The van der Waals surface area contributed by atoms with Crippen LogP contribution in [-0.2, 0) is 4.79 Å². The summed E-state index contributed by atoms with van der Waals surface area (Å²) in [5.74, 6) is -0.194. The zero-order valence-corrected chi connectivity index (χ0v) is 8.28. The van der Waals surface area contributed by atoms with E-state index in [1.54, 1.807) is 0 Å². The van der Waals surface area contributed by atoms with Crippen LogP contribution in [0.15, 0.2) is 0 Å². The molecule has 0 spiro atoms. The van der Waals surface area contributed by atoms with Gasteiger partial charge in [-0.25, -0.2) is 4.79 Å². The third-order valence-electron chi connectivity index (χ3n) is 3.35. The van der Waals surface area contributed by atoms with Crippen LogP contribution < -0.4 is 5.32 Å². The van der Waals surface area contributed by atoms with Crippen LogP contribution in [0.3, 0.4) is 0 Å². The SMILES string of the molecule is CC1(C)C(O)CC1N1C(=O)CNC1=O. The van der Waals surface area contributed by atoms with Gasteiger partial charge in [-0.05, 0) is 6.42 Å². The Kier molecular flexibility index (Phi) is 1.82. The molecule has 2 unspecified atom stereocenters. The molecule has 1 aliphatic heterocycles. The van der Waals surface area contributed by atoms with Crippen molar-refractivity contribution in [3.8, 4) is 0 Å². The number of aliphatic hydroxyl groups is 1. The predicted molar refractivity (Wildman–Crippen MR) is 48.4 cm³/mol. The van der Waals surface area contributed by atoms with Gasteiger partial charge in [0.25, 0.3) is 0 Å². The van der Waals surface area contributed by atoms with Crippen LogP contribution in [0.25, 0.3) is 0 Å². The van der Waals surface area contributed by atoms with Gasteiger partial charge in [0, 0.05) is 5.41 Å². The average Bonchev–Trinajstić information content (AvgIpc) is 2.43. The number of amides is 3. The number of nitrogens with zero attached hydrogens (tertiary/aromatic N) is 1. The van der Waals surface area contributed by atoms with Crippen molar-refractivity contribution in [1.82, 2.24) is 10.2 Å². The molecule has 1 saturated heterocycles. The lowest BCUT2D eigenvalue weighted by Gasteiger charge is -2.51. The Morgan fingerprint density at radius 1 is 1.50 bits per heavy atom. The second-order valence-corrected chi connectivity index (χ2v) is 4.51. The summed E-state index contributed by atoms with van der Waals surface area (Å²) in [5.41, 5.74) is -0.378. The van der Waals surface area contributed by atoms with E-state index in [0.29, 0.717) is 6.42 Å². The lowest BCUT2D eigenvalue weighted by atomic mass is 9.64. The normalized spacial score (nSPS) is 35.5. The largest absolute Gasteiger partial charge is 0.392 e. The highest BCUT2D eigenvalue weighted by Crippen LogP contribution is 2.44. The molecule has 78 valence electrons. The van der Waals surface area contributed by atoms with Crippen molar-refractivity contribution in [3.05, 3.63) is 0 Å². The zero-order valence-electron chi connectivity index (χ0n) is 8.28. The standard InChI is InChI=1S/C9H14N2O3/c1-9(2)5(3-6(9)12)11-7(13)4-10-8(11)14/h5-6,12H,3-4H2,1-2H3,(H,10,14). The Bertz CT molecular complexity index is 284. The number of hydrogen-bond donors (Lipinski definition) is 2. The lowest BCUT2D eigenvalue weighted by Crippen LogP contribution is -2.62. The summed E-state index contributed by atoms with van der Waals surface area (Å²) < 4.78 is 0. The molecule has 3 amide bonds. The molecule has 1 saturated carbocycles. The number of imide groups is 1. The van der Waals surface area contributed by atoms with Gasteiger partial charge in [0.05, 0.1) is 18.7 Å². The van der Waals surface area contributed by atoms with Gasteiger partial charge in [-0.15, -0.1) is 0 Å². The molecule has 0 aromatic carbocycles. The molecular weight excluding hydrogens is 184 g/mol. The average molecular weight is 198 g/mol. The highest BCUT2D eigenvalue weighted by atomic mass is 16.3. The first-order chi connectivity index (χ1) is 6.44. The summed E-state index contributed by atoms with van der Waals surface area (Å²) in [4.78, 5) is 23.9. The van der Waals surface area contributed by atoms with E-state index in [9.17, 15) is 14.7 Å². The van der Waals surface area contributed by atoms with Crippen LogP contribution >= 0.6 is 0 Å². The molecule has 2 aliphatic rings. The van der Waals surface area contributed by atoms with Crippen LogP contribution in [0, 0.1) is 5.41 Å². The first kappa shape index (κ1) is 9.45. The van der Waals surface area contributed by atoms with E-state index in [1.165, 1.54) is 4.90 Å². The third kappa shape index (κ3) is 1.05. The predicted octanol–water partition coefficient (Wildman–Crippen LogP) is -0.302. The van der Waals surface area contributed by atoms with E-state index < -0.39 is 6.10 Å². The smallest absolute Gasteiger partial charge is 0.324 e. The van der Waals surface area contributed by atoms with E-state index in [4.69, 9.17) is 0 Å². The summed E-state index contributed by atoms with van der Waals surface area (Å²) in [7, 11) is 0. The van der Waals surface area contributed by atoms with Gasteiger partial charge in [-0.2, -0.15) is 0 Å². The minimum absolute atomic E-state index is 0.0848. The zero-order chi connectivity index (χ0) is 10.5. The lowest BCUT2D eigenvalue weighted by molar-refractivity contribution is -0.143. The molecule has 5 heteroatoms. The van der Waals surface area contributed by atoms with Crippen LogP contribution in [0.1, 0.15) is 20.3 Å². The number of aliphatic hydroxyl groups excluding tert-OH is 1. The van der Waals surface area contributed by atoms with Gasteiger partial charge in [0.2, 0.25) is 5.91 Å². The van der Waals surface area contributed by atoms with E-state index in [2.05, 4.69) is 5.32 Å². The van der Waals surface area contributed by atoms with E-state index in [-0.39, 0.29) is 29.9 Å². The number of hydrogen-bond acceptors (Lipinski definition) is 3. The van der Waals surface area contributed by atoms with Crippen molar-refractivity contribution in [3.63, 3.8) is 0 Å². The molecule has 0 bridgehead atoms. The summed E-state index contributed by atoms with van der Waals surface area (Å²) in [5, 5.41) is 12.0. The Balaban J connectivity index is 2.17. The molecule has 14 heavy (non-hydrogen) atoms. The van der Waals surface area contributed by atoms with Gasteiger partial charge >= 0.3 is 6.03 Å². The summed E-state index contributed by atoms with van der Waals surface area (Å²) >= 11 is 0. The van der Waals surface area contributed by atoms with Gasteiger partial charge in [0.1, 0.15) is 0 Å². The first-order valence-electron chi connectivity index (χ1n) is 4.72. The van der Waals surface area contributed by atoms with E-state index in [0.717, 1.165) is 0 Å². The Hall–Kier alpha value is -1.10. The van der Waals surface area contributed by atoms with E-state index in [1.807, 2.05) is 13.8 Å². The van der Waals surface area contributed by atoms with Crippen LogP contribution in [0.4, 0.5) is 4.79 Å². The number of urea groups is 1. The topological polar surface area (TPSA) is 69.6 Å². The van der Waals surface area contributed by atoms with Crippen LogP contribution in [0.5, 0.6) is 0 Å². The van der Waals surface area contributed by atoms with Gasteiger partial charge in [0.15, 0.2) is 0 Å². The molecule has 2 rings (SSSR count). The summed E-state index contributed by atoms with van der Waals surface area (Å²) in [6.07, 6.45) is 0.0697. The Labute approximate surface area is 82.1 Å². The van der Waals surface area contributed by atoms with Crippen molar-refractivity contribution in [2.24, 2.45) is 5.41 Å². The first-order valence-corrected chi connectivity index (χ1v) is 4.72. The third-order valence-corrected chi connectivity index (χ3v) is 3.35.